The SMILES string of the molecule is Cc1ccc(NS(=O)(=O)Cc2ccccc2)cc1N1CCCCC1=O. The topological polar surface area (TPSA) is 66.5 Å². The molecule has 2 aromatic rings. The lowest BCUT2D eigenvalue weighted by Gasteiger charge is -2.28. The predicted octanol–water partition coefficient (Wildman–Crippen LogP) is 3.45. The van der Waals surface area contributed by atoms with E-state index in [2.05, 4.69) is 4.72 Å². The summed E-state index contributed by atoms with van der Waals surface area (Å²) in [6.07, 6.45) is 2.43. The van der Waals surface area contributed by atoms with E-state index in [0.29, 0.717) is 18.7 Å². The molecule has 1 amide bonds. The van der Waals surface area contributed by atoms with E-state index in [4.69, 9.17) is 0 Å². The monoisotopic (exact) mass is 358 g/mol. The number of carbonyl (C=O) groups excluding carboxylic acids is 1. The summed E-state index contributed by atoms with van der Waals surface area (Å²) in [6, 6.07) is 14.4. The third-order valence-electron chi connectivity index (χ3n) is 4.30. The highest BCUT2D eigenvalue weighted by molar-refractivity contribution is 7.91. The number of benzene rings is 2. The van der Waals surface area contributed by atoms with E-state index in [1.807, 2.05) is 31.2 Å². The molecule has 0 aliphatic carbocycles. The number of hydrogen-bond donors (Lipinski definition) is 1. The number of rotatable bonds is 5. The number of piperidine rings is 1. The maximum atomic E-state index is 12.4. The quantitative estimate of drug-likeness (QED) is 0.890. The molecule has 6 heteroatoms. The lowest BCUT2D eigenvalue weighted by atomic mass is 10.1. The minimum atomic E-state index is -3.51. The van der Waals surface area contributed by atoms with Crippen LogP contribution in [0.15, 0.2) is 48.5 Å². The van der Waals surface area contributed by atoms with Gasteiger partial charge in [0.25, 0.3) is 0 Å². The first-order chi connectivity index (χ1) is 11.9. The molecule has 1 aliphatic heterocycles. The van der Waals surface area contributed by atoms with E-state index in [-0.39, 0.29) is 11.7 Å². The first-order valence-electron chi connectivity index (χ1n) is 8.40. The molecule has 0 radical (unpaired) electrons. The van der Waals surface area contributed by atoms with Gasteiger partial charge in [-0.05, 0) is 43.0 Å². The zero-order valence-corrected chi connectivity index (χ0v) is 15.1. The largest absolute Gasteiger partial charge is 0.312 e. The fourth-order valence-corrected chi connectivity index (χ4v) is 4.22. The zero-order chi connectivity index (χ0) is 17.9. The molecule has 5 nitrogen and oxygen atoms in total. The summed E-state index contributed by atoms with van der Waals surface area (Å²) >= 11 is 0. The van der Waals surface area contributed by atoms with Gasteiger partial charge < -0.3 is 4.90 Å². The molecule has 25 heavy (non-hydrogen) atoms. The van der Waals surface area contributed by atoms with Crippen molar-refractivity contribution in [3.63, 3.8) is 0 Å². The number of aryl methyl sites for hydroxylation is 1. The average molecular weight is 358 g/mol. The molecule has 1 heterocycles. The van der Waals surface area contributed by atoms with Gasteiger partial charge in [-0.2, -0.15) is 0 Å². The summed E-state index contributed by atoms with van der Waals surface area (Å²) in [5, 5.41) is 0. The van der Waals surface area contributed by atoms with Crippen LogP contribution in [0.1, 0.15) is 30.4 Å². The smallest absolute Gasteiger partial charge is 0.236 e. The number of amides is 1. The van der Waals surface area contributed by atoms with E-state index >= 15 is 0 Å². The second kappa shape index (κ2) is 7.27. The first kappa shape index (κ1) is 17.5. The standard InChI is InChI=1S/C19H22N2O3S/c1-15-10-11-17(13-18(15)21-12-6-5-9-19(21)22)20-25(23,24)14-16-7-3-2-4-8-16/h2-4,7-8,10-11,13,20H,5-6,9,12,14H2,1H3. The summed E-state index contributed by atoms with van der Waals surface area (Å²) in [7, 11) is -3.51. The maximum absolute atomic E-state index is 12.4. The van der Waals surface area contributed by atoms with Crippen LogP contribution in [0.25, 0.3) is 0 Å². The van der Waals surface area contributed by atoms with Gasteiger partial charge in [0, 0.05) is 18.7 Å². The molecule has 0 bridgehead atoms. The second-order valence-corrected chi connectivity index (χ2v) is 8.07. The number of carbonyl (C=O) groups is 1. The van der Waals surface area contributed by atoms with Crippen molar-refractivity contribution in [2.75, 3.05) is 16.2 Å². The van der Waals surface area contributed by atoms with Crippen LogP contribution >= 0.6 is 0 Å². The first-order valence-corrected chi connectivity index (χ1v) is 10.1. The summed E-state index contributed by atoms with van der Waals surface area (Å²) in [6.45, 7) is 2.61. The van der Waals surface area contributed by atoms with Gasteiger partial charge in [0.15, 0.2) is 0 Å². The molecule has 0 aromatic heterocycles. The Morgan fingerprint density at radius 1 is 1.08 bits per heavy atom. The van der Waals surface area contributed by atoms with Crippen LogP contribution in [-0.4, -0.2) is 20.9 Å². The average Bonchev–Trinajstić information content (AvgIpc) is 2.57. The van der Waals surface area contributed by atoms with Crippen molar-refractivity contribution in [3.8, 4) is 0 Å². The second-order valence-electron chi connectivity index (χ2n) is 6.35. The minimum absolute atomic E-state index is 0.0836. The van der Waals surface area contributed by atoms with Crippen molar-refractivity contribution >= 4 is 27.3 Å². The maximum Gasteiger partial charge on any atom is 0.236 e. The zero-order valence-electron chi connectivity index (χ0n) is 14.2. The molecular weight excluding hydrogens is 336 g/mol. The lowest BCUT2D eigenvalue weighted by Crippen LogP contribution is -2.35. The summed E-state index contributed by atoms with van der Waals surface area (Å²) < 4.78 is 27.5. The highest BCUT2D eigenvalue weighted by Crippen LogP contribution is 2.28. The summed E-state index contributed by atoms with van der Waals surface area (Å²) in [5.41, 5.74) is 2.95. The number of anilines is 2. The Morgan fingerprint density at radius 2 is 1.84 bits per heavy atom. The Bertz CT molecular complexity index is 863. The molecule has 0 saturated carbocycles. The number of sulfonamides is 1. The van der Waals surface area contributed by atoms with Gasteiger partial charge in [0.2, 0.25) is 15.9 Å². The molecule has 2 aromatic carbocycles. The van der Waals surface area contributed by atoms with Crippen molar-refractivity contribution in [2.45, 2.75) is 31.9 Å². The summed E-state index contributed by atoms with van der Waals surface area (Å²) in [4.78, 5) is 13.9. The molecule has 0 spiro atoms. The predicted molar refractivity (Wildman–Crippen MR) is 100 cm³/mol. The lowest BCUT2D eigenvalue weighted by molar-refractivity contribution is -0.119. The molecular formula is C19H22N2O3S. The number of hydrogen-bond acceptors (Lipinski definition) is 3. The molecule has 0 unspecified atom stereocenters. The molecule has 1 fully saturated rings. The van der Waals surface area contributed by atoms with Gasteiger partial charge >= 0.3 is 0 Å². The van der Waals surface area contributed by atoms with Crippen molar-refractivity contribution < 1.29 is 13.2 Å². The molecule has 3 rings (SSSR count). The minimum Gasteiger partial charge on any atom is -0.312 e. The van der Waals surface area contributed by atoms with Gasteiger partial charge in [0.05, 0.1) is 11.4 Å². The van der Waals surface area contributed by atoms with E-state index in [0.717, 1.165) is 29.7 Å². The van der Waals surface area contributed by atoms with E-state index < -0.39 is 10.0 Å². The Morgan fingerprint density at radius 3 is 2.56 bits per heavy atom. The fourth-order valence-electron chi connectivity index (χ4n) is 3.03. The van der Waals surface area contributed by atoms with E-state index in [1.165, 1.54) is 0 Å². The normalized spacial score (nSPS) is 15.2. The fraction of sp³-hybridized carbons (Fsp3) is 0.316. The van der Waals surface area contributed by atoms with Crippen LogP contribution in [0.4, 0.5) is 11.4 Å². The van der Waals surface area contributed by atoms with Gasteiger partial charge in [0.1, 0.15) is 0 Å². The van der Waals surface area contributed by atoms with Crippen LogP contribution < -0.4 is 9.62 Å². The molecule has 0 atom stereocenters. The van der Waals surface area contributed by atoms with Crippen molar-refractivity contribution in [2.24, 2.45) is 0 Å². The molecule has 1 N–H and O–H groups in total. The Kier molecular flexibility index (Phi) is 5.08. The number of nitrogens with zero attached hydrogens (tertiary/aromatic N) is 1. The third kappa shape index (κ3) is 4.39. The van der Waals surface area contributed by atoms with E-state index in [9.17, 15) is 13.2 Å². The number of nitrogens with one attached hydrogen (secondary N) is 1. The summed E-state index contributed by atoms with van der Waals surface area (Å²) in [5.74, 6) is 0.0123. The van der Waals surface area contributed by atoms with Crippen LogP contribution in [0.2, 0.25) is 0 Å². The van der Waals surface area contributed by atoms with Crippen LogP contribution in [0.5, 0.6) is 0 Å². The molecule has 1 aliphatic rings. The van der Waals surface area contributed by atoms with Gasteiger partial charge in [-0.15, -0.1) is 0 Å². The van der Waals surface area contributed by atoms with Gasteiger partial charge in [-0.25, -0.2) is 8.42 Å². The van der Waals surface area contributed by atoms with Crippen LogP contribution in [-0.2, 0) is 20.6 Å². The third-order valence-corrected chi connectivity index (χ3v) is 5.56. The molecule has 1 saturated heterocycles. The highest BCUT2D eigenvalue weighted by atomic mass is 32.2. The van der Waals surface area contributed by atoms with Crippen LogP contribution in [0.3, 0.4) is 0 Å². The van der Waals surface area contributed by atoms with Crippen molar-refractivity contribution in [1.29, 1.82) is 0 Å². The van der Waals surface area contributed by atoms with Crippen LogP contribution in [0, 0.1) is 6.92 Å². The highest BCUT2D eigenvalue weighted by Gasteiger charge is 2.22. The van der Waals surface area contributed by atoms with Crippen molar-refractivity contribution in [3.05, 3.63) is 59.7 Å². The van der Waals surface area contributed by atoms with Crippen molar-refractivity contribution in [1.82, 2.24) is 0 Å². The Hall–Kier alpha value is -2.34. The Labute approximate surface area is 148 Å². The van der Waals surface area contributed by atoms with E-state index in [1.54, 1.807) is 29.2 Å². The van der Waals surface area contributed by atoms with Gasteiger partial charge in [-0.1, -0.05) is 36.4 Å². The van der Waals surface area contributed by atoms with Gasteiger partial charge in [-0.3, -0.25) is 9.52 Å². The molecule has 132 valence electrons. The Balaban J connectivity index is 1.81.